The molecule has 1 unspecified atom stereocenters. The third-order valence-corrected chi connectivity index (χ3v) is 4.93. The summed E-state index contributed by atoms with van der Waals surface area (Å²) >= 11 is 0. The maximum absolute atomic E-state index is 13.3. The number of pyridine rings is 1. The SMILES string of the molecule is O=C(Nc1cccc2cnccc12)C(Nc1ccc(F)cc1)c1ccc(C(F)(F)F)cc1. The number of aromatic nitrogens is 1. The van der Waals surface area contributed by atoms with E-state index in [1.807, 2.05) is 6.07 Å². The summed E-state index contributed by atoms with van der Waals surface area (Å²) in [6.45, 7) is 0. The van der Waals surface area contributed by atoms with Gasteiger partial charge in [0.1, 0.15) is 11.9 Å². The number of nitrogens with one attached hydrogen (secondary N) is 2. The first-order valence-electron chi connectivity index (χ1n) is 9.64. The van der Waals surface area contributed by atoms with Gasteiger partial charge in [-0.15, -0.1) is 0 Å². The van der Waals surface area contributed by atoms with Crippen LogP contribution in [0.4, 0.5) is 28.9 Å². The van der Waals surface area contributed by atoms with Gasteiger partial charge in [-0.2, -0.15) is 13.2 Å². The van der Waals surface area contributed by atoms with Gasteiger partial charge < -0.3 is 10.6 Å². The number of hydrogen-bond acceptors (Lipinski definition) is 3. The van der Waals surface area contributed by atoms with Crippen LogP contribution in [0.15, 0.2) is 85.2 Å². The Labute approximate surface area is 180 Å². The first-order chi connectivity index (χ1) is 15.3. The molecule has 1 amide bonds. The topological polar surface area (TPSA) is 54.0 Å². The number of halogens is 4. The zero-order valence-corrected chi connectivity index (χ0v) is 16.5. The van der Waals surface area contributed by atoms with Gasteiger partial charge in [0.25, 0.3) is 5.91 Å². The Morgan fingerprint density at radius 3 is 2.31 bits per heavy atom. The molecule has 0 bridgehead atoms. The number of fused-ring (bicyclic) bond motifs is 1. The molecule has 0 spiro atoms. The van der Waals surface area contributed by atoms with Gasteiger partial charge >= 0.3 is 6.18 Å². The molecule has 32 heavy (non-hydrogen) atoms. The van der Waals surface area contributed by atoms with E-state index in [0.717, 1.165) is 22.9 Å². The summed E-state index contributed by atoms with van der Waals surface area (Å²) in [5, 5.41) is 7.40. The van der Waals surface area contributed by atoms with Gasteiger partial charge in [0.2, 0.25) is 0 Å². The summed E-state index contributed by atoms with van der Waals surface area (Å²) in [5.41, 5.74) is 0.478. The third kappa shape index (κ3) is 4.69. The zero-order chi connectivity index (χ0) is 22.7. The number of carbonyl (C=O) groups excluding carboxylic acids is 1. The highest BCUT2D eigenvalue weighted by molar-refractivity contribution is 6.04. The van der Waals surface area contributed by atoms with E-state index in [2.05, 4.69) is 15.6 Å². The van der Waals surface area contributed by atoms with Crippen LogP contribution in [0.2, 0.25) is 0 Å². The predicted octanol–water partition coefficient (Wildman–Crippen LogP) is 6.18. The van der Waals surface area contributed by atoms with Crippen molar-refractivity contribution in [3.05, 3.63) is 102 Å². The second-order valence-electron chi connectivity index (χ2n) is 7.10. The molecule has 3 aromatic carbocycles. The molecule has 1 atom stereocenters. The van der Waals surface area contributed by atoms with E-state index in [0.29, 0.717) is 16.9 Å². The summed E-state index contributed by atoms with van der Waals surface area (Å²) in [6.07, 6.45) is -1.23. The first-order valence-corrected chi connectivity index (χ1v) is 9.64. The van der Waals surface area contributed by atoms with Crippen LogP contribution in [0.3, 0.4) is 0 Å². The van der Waals surface area contributed by atoms with Crippen LogP contribution in [0.25, 0.3) is 10.8 Å². The number of amides is 1. The van der Waals surface area contributed by atoms with E-state index < -0.39 is 29.5 Å². The van der Waals surface area contributed by atoms with E-state index >= 15 is 0 Å². The number of nitrogens with zero attached hydrogens (tertiary/aromatic N) is 1. The van der Waals surface area contributed by atoms with Crippen molar-refractivity contribution in [3.63, 3.8) is 0 Å². The normalized spacial score (nSPS) is 12.4. The second-order valence-corrected chi connectivity index (χ2v) is 7.10. The van der Waals surface area contributed by atoms with Crippen molar-refractivity contribution >= 4 is 28.1 Å². The number of rotatable bonds is 5. The van der Waals surface area contributed by atoms with Crippen LogP contribution < -0.4 is 10.6 Å². The van der Waals surface area contributed by atoms with Crippen molar-refractivity contribution < 1.29 is 22.4 Å². The van der Waals surface area contributed by atoms with Crippen molar-refractivity contribution in [2.24, 2.45) is 0 Å². The molecule has 162 valence electrons. The maximum Gasteiger partial charge on any atom is 0.416 e. The smallest absolute Gasteiger partial charge is 0.370 e. The fraction of sp³-hybridized carbons (Fsp3) is 0.0833. The molecule has 1 heterocycles. The lowest BCUT2D eigenvalue weighted by molar-refractivity contribution is -0.137. The lowest BCUT2D eigenvalue weighted by Crippen LogP contribution is -2.27. The fourth-order valence-electron chi connectivity index (χ4n) is 3.31. The minimum absolute atomic E-state index is 0.321. The molecule has 0 saturated carbocycles. The molecule has 4 nitrogen and oxygen atoms in total. The van der Waals surface area contributed by atoms with Gasteiger partial charge in [0, 0.05) is 34.5 Å². The zero-order valence-electron chi connectivity index (χ0n) is 16.5. The number of hydrogen-bond donors (Lipinski definition) is 2. The Balaban J connectivity index is 1.67. The molecule has 0 fully saturated rings. The molecule has 8 heteroatoms. The highest BCUT2D eigenvalue weighted by atomic mass is 19.4. The molecule has 0 aliphatic carbocycles. The van der Waals surface area contributed by atoms with Gasteiger partial charge in [-0.1, -0.05) is 24.3 Å². The molecule has 0 aliphatic heterocycles. The van der Waals surface area contributed by atoms with Crippen molar-refractivity contribution in [1.82, 2.24) is 4.98 Å². The minimum atomic E-state index is -4.49. The highest BCUT2D eigenvalue weighted by Gasteiger charge is 2.31. The van der Waals surface area contributed by atoms with Gasteiger partial charge in [0.05, 0.1) is 5.56 Å². The van der Waals surface area contributed by atoms with E-state index in [1.165, 1.54) is 36.4 Å². The lowest BCUT2D eigenvalue weighted by atomic mass is 10.0. The summed E-state index contributed by atoms with van der Waals surface area (Å²) in [5.74, 6) is -0.936. The van der Waals surface area contributed by atoms with Crippen molar-refractivity contribution in [2.75, 3.05) is 10.6 Å². The van der Waals surface area contributed by atoms with Crippen LogP contribution in [-0.2, 0) is 11.0 Å². The van der Waals surface area contributed by atoms with Gasteiger partial charge in [-0.3, -0.25) is 9.78 Å². The Morgan fingerprint density at radius 2 is 1.62 bits per heavy atom. The molecule has 4 aromatic rings. The first kappa shape index (κ1) is 21.3. The number of benzene rings is 3. The van der Waals surface area contributed by atoms with Gasteiger partial charge in [-0.05, 0) is 54.1 Å². The number of alkyl halides is 3. The third-order valence-electron chi connectivity index (χ3n) is 4.93. The van der Waals surface area contributed by atoms with E-state index in [9.17, 15) is 22.4 Å². The molecule has 4 rings (SSSR count). The fourth-order valence-corrected chi connectivity index (χ4v) is 3.31. The summed E-state index contributed by atoms with van der Waals surface area (Å²) in [6, 6.07) is 15.7. The predicted molar refractivity (Wildman–Crippen MR) is 115 cm³/mol. The summed E-state index contributed by atoms with van der Waals surface area (Å²) < 4.78 is 52.2. The summed E-state index contributed by atoms with van der Waals surface area (Å²) in [7, 11) is 0. The lowest BCUT2D eigenvalue weighted by Gasteiger charge is -2.21. The highest BCUT2D eigenvalue weighted by Crippen LogP contribution is 2.31. The molecule has 2 N–H and O–H groups in total. The Kier molecular flexibility index (Phi) is 5.77. The monoisotopic (exact) mass is 439 g/mol. The van der Waals surface area contributed by atoms with Gasteiger partial charge in [-0.25, -0.2) is 4.39 Å². The Morgan fingerprint density at radius 1 is 0.906 bits per heavy atom. The van der Waals surface area contributed by atoms with Crippen molar-refractivity contribution in [1.29, 1.82) is 0 Å². The van der Waals surface area contributed by atoms with Gasteiger partial charge in [0.15, 0.2) is 0 Å². The molecule has 0 saturated heterocycles. The minimum Gasteiger partial charge on any atom is -0.370 e. The molecule has 1 aromatic heterocycles. The number of anilines is 2. The van der Waals surface area contributed by atoms with Crippen LogP contribution in [-0.4, -0.2) is 10.9 Å². The van der Waals surface area contributed by atoms with Crippen LogP contribution in [0.1, 0.15) is 17.2 Å². The maximum atomic E-state index is 13.3. The average Bonchev–Trinajstić information content (AvgIpc) is 2.78. The summed E-state index contributed by atoms with van der Waals surface area (Å²) in [4.78, 5) is 17.3. The standard InChI is InChI=1S/C24H17F4N3O/c25-18-8-10-19(11-9-18)30-22(15-4-6-17(7-5-15)24(26,27)28)23(32)31-21-3-1-2-16-14-29-13-12-20(16)21/h1-14,22,30H,(H,31,32). The van der Waals surface area contributed by atoms with Crippen molar-refractivity contribution in [3.8, 4) is 0 Å². The average molecular weight is 439 g/mol. The quantitative estimate of drug-likeness (QED) is 0.365. The Hall–Kier alpha value is -3.94. The van der Waals surface area contributed by atoms with Crippen molar-refractivity contribution in [2.45, 2.75) is 12.2 Å². The van der Waals surface area contributed by atoms with Crippen LogP contribution >= 0.6 is 0 Å². The van der Waals surface area contributed by atoms with E-state index in [4.69, 9.17) is 0 Å². The number of carbonyl (C=O) groups is 1. The Bertz CT molecular complexity index is 1230. The van der Waals surface area contributed by atoms with Crippen LogP contribution in [0, 0.1) is 5.82 Å². The largest absolute Gasteiger partial charge is 0.416 e. The van der Waals surface area contributed by atoms with Crippen LogP contribution in [0.5, 0.6) is 0 Å². The molecule has 0 aliphatic rings. The second kappa shape index (κ2) is 8.66. The van der Waals surface area contributed by atoms with E-state index in [-0.39, 0.29) is 0 Å². The molecular formula is C24H17F4N3O. The van der Waals surface area contributed by atoms with E-state index in [1.54, 1.807) is 30.6 Å². The molecular weight excluding hydrogens is 422 g/mol. The molecule has 0 radical (unpaired) electrons.